The molecule has 0 atom stereocenters. The highest BCUT2D eigenvalue weighted by atomic mass is 16.5. The van der Waals surface area contributed by atoms with Gasteiger partial charge in [-0.05, 0) is 42.0 Å². The van der Waals surface area contributed by atoms with Crippen molar-refractivity contribution in [1.29, 1.82) is 5.26 Å². The second kappa shape index (κ2) is 9.18. The van der Waals surface area contributed by atoms with E-state index in [1.807, 2.05) is 30.3 Å². The average Bonchev–Trinajstić information content (AvgIpc) is 2.62. The molecule has 2 aromatic carbocycles. The van der Waals surface area contributed by atoms with Gasteiger partial charge in [0.1, 0.15) is 12.4 Å². The summed E-state index contributed by atoms with van der Waals surface area (Å²) in [7, 11) is 1.63. The van der Waals surface area contributed by atoms with Crippen molar-refractivity contribution in [2.24, 2.45) is 0 Å². The fraction of sp³-hybridized carbons (Fsp3) is 0.222. The summed E-state index contributed by atoms with van der Waals surface area (Å²) in [6, 6.07) is 15.9. The van der Waals surface area contributed by atoms with Crippen LogP contribution in [0.3, 0.4) is 0 Å². The molecule has 0 spiro atoms. The van der Waals surface area contributed by atoms with E-state index in [0.717, 1.165) is 11.3 Å². The van der Waals surface area contributed by atoms with Gasteiger partial charge in [0.15, 0.2) is 0 Å². The van der Waals surface area contributed by atoms with Crippen LogP contribution in [0.25, 0.3) is 0 Å². The van der Waals surface area contributed by atoms with Crippen molar-refractivity contribution < 1.29 is 14.3 Å². The molecule has 2 aromatic rings. The van der Waals surface area contributed by atoms with Crippen molar-refractivity contribution in [3.05, 3.63) is 59.7 Å². The minimum atomic E-state index is -0.305. The molecule has 0 bridgehead atoms. The zero-order valence-corrected chi connectivity index (χ0v) is 13.4. The number of urea groups is 1. The van der Waals surface area contributed by atoms with Crippen LogP contribution in [0.1, 0.15) is 11.1 Å². The number of carbonyl (C=O) groups excluding carboxylic acids is 1. The molecule has 0 saturated carbocycles. The van der Waals surface area contributed by atoms with E-state index < -0.39 is 0 Å². The van der Waals surface area contributed by atoms with E-state index in [2.05, 4.69) is 10.6 Å². The largest absolute Gasteiger partial charge is 0.491 e. The van der Waals surface area contributed by atoms with E-state index >= 15 is 0 Å². The number of benzene rings is 2. The van der Waals surface area contributed by atoms with Gasteiger partial charge in [0.2, 0.25) is 0 Å². The zero-order chi connectivity index (χ0) is 17.2. The molecule has 124 valence electrons. The van der Waals surface area contributed by atoms with Crippen LogP contribution in [0.5, 0.6) is 5.75 Å². The summed E-state index contributed by atoms with van der Waals surface area (Å²) in [5.41, 5.74) is 2.14. The summed E-state index contributed by atoms with van der Waals surface area (Å²) in [6.45, 7) is 1.44. The van der Waals surface area contributed by atoms with Gasteiger partial charge in [-0.3, -0.25) is 0 Å². The monoisotopic (exact) mass is 325 g/mol. The molecule has 0 aromatic heterocycles. The van der Waals surface area contributed by atoms with Crippen molar-refractivity contribution in [2.75, 3.05) is 25.6 Å². The van der Waals surface area contributed by atoms with E-state index in [1.54, 1.807) is 31.4 Å². The lowest BCUT2D eigenvalue weighted by Crippen LogP contribution is -2.28. The summed E-state index contributed by atoms with van der Waals surface area (Å²) in [6.07, 6.45) is 0. The highest BCUT2D eigenvalue weighted by molar-refractivity contribution is 5.89. The maximum Gasteiger partial charge on any atom is 0.319 e. The lowest BCUT2D eigenvalue weighted by Gasteiger charge is -2.09. The molecule has 0 aliphatic rings. The molecule has 24 heavy (non-hydrogen) atoms. The van der Waals surface area contributed by atoms with Crippen LogP contribution in [0.2, 0.25) is 0 Å². The van der Waals surface area contributed by atoms with Gasteiger partial charge in [-0.2, -0.15) is 5.26 Å². The molecule has 6 heteroatoms. The number of rotatable bonds is 7. The zero-order valence-electron chi connectivity index (χ0n) is 13.4. The Morgan fingerprint density at radius 3 is 2.42 bits per heavy atom. The third-order valence-corrected chi connectivity index (χ3v) is 3.20. The summed E-state index contributed by atoms with van der Waals surface area (Å²) in [4.78, 5) is 11.9. The first-order valence-electron chi connectivity index (χ1n) is 7.47. The number of hydrogen-bond acceptors (Lipinski definition) is 4. The SMILES string of the molecule is COCCOc1ccc(CNC(=O)Nc2ccc(C#N)cc2)cc1. The number of methoxy groups -OCH3 is 1. The summed E-state index contributed by atoms with van der Waals surface area (Å²) in [5.74, 6) is 0.762. The molecule has 0 fully saturated rings. The Kier molecular flexibility index (Phi) is 6.62. The fourth-order valence-electron chi connectivity index (χ4n) is 1.93. The van der Waals surface area contributed by atoms with Gasteiger partial charge in [0.25, 0.3) is 0 Å². The molecule has 0 radical (unpaired) electrons. The molecule has 6 nitrogen and oxygen atoms in total. The Morgan fingerprint density at radius 2 is 1.79 bits per heavy atom. The highest BCUT2D eigenvalue weighted by Gasteiger charge is 2.02. The van der Waals surface area contributed by atoms with Crippen LogP contribution in [0.15, 0.2) is 48.5 Å². The van der Waals surface area contributed by atoms with Gasteiger partial charge >= 0.3 is 6.03 Å². The third kappa shape index (κ3) is 5.63. The number of nitrogens with zero attached hydrogens (tertiary/aromatic N) is 1. The second-order valence-electron chi connectivity index (χ2n) is 4.98. The van der Waals surface area contributed by atoms with Crippen LogP contribution in [-0.4, -0.2) is 26.4 Å². The minimum absolute atomic E-state index is 0.305. The first kappa shape index (κ1) is 17.3. The minimum Gasteiger partial charge on any atom is -0.491 e. The Bertz CT molecular complexity index is 691. The normalized spacial score (nSPS) is 9.83. The van der Waals surface area contributed by atoms with Crippen LogP contribution in [-0.2, 0) is 11.3 Å². The molecule has 2 rings (SSSR count). The maximum atomic E-state index is 11.9. The van der Waals surface area contributed by atoms with Gasteiger partial charge in [-0.15, -0.1) is 0 Å². The molecule has 0 aliphatic heterocycles. The lowest BCUT2D eigenvalue weighted by atomic mass is 10.2. The van der Waals surface area contributed by atoms with Crippen molar-refractivity contribution in [3.8, 4) is 11.8 Å². The molecule has 0 heterocycles. The number of anilines is 1. The lowest BCUT2D eigenvalue weighted by molar-refractivity contribution is 0.146. The van der Waals surface area contributed by atoms with E-state index in [1.165, 1.54) is 0 Å². The standard InChI is InChI=1S/C18H19N3O3/c1-23-10-11-24-17-8-4-15(5-9-17)13-20-18(22)21-16-6-2-14(12-19)3-7-16/h2-9H,10-11,13H2,1H3,(H2,20,21,22). The van der Waals surface area contributed by atoms with Gasteiger partial charge in [-0.1, -0.05) is 12.1 Å². The Labute approximate surface area is 141 Å². The first-order valence-corrected chi connectivity index (χ1v) is 7.47. The number of amides is 2. The summed E-state index contributed by atoms with van der Waals surface area (Å²) >= 11 is 0. The van der Waals surface area contributed by atoms with Crippen molar-refractivity contribution in [3.63, 3.8) is 0 Å². The van der Waals surface area contributed by atoms with Crippen LogP contribution in [0.4, 0.5) is 10.5 Å². The van der Waals surface area contributed by atoms with Crippen molar-refractivity contribution >= 4 is 11.7 Å². The average molecular weight is 325 g/mol. The number of nitriles is 1. The van der Waals surface area contributed by atoms with Gasteiger partial charge in [0.05, 0.1) is 18.2 Å². The van der Waals surface area contributed by atoms with Gasteiger partial charge in [-0.25, -0.2) is 4.79 Å². The van der Waals surface area contributed by atoms with E-state index in [0.29, 0.717) is 31.0 Å². The molecular formula is C18H19N3O3. The third-order valence-electron chi connectivity index (χ3n) is 3.20. The van der Waals surface area contributed by atoms with E-state index in [-0.39, 0.29) is 6.03 Å². The van der Waals surface area contributed by atoms with Crippen LogP contribution >= 0.6 is 0 Å². The van der Waals surface area contributed by atoms with Crippen molar-refractivity contribution in [2.45, 2.75) is 6.54 Å². The van der Waals surface area contributed by atoms with Crippen molar-refractivity contribution in [1.82, 2.24) is 5.32 Å². The van der Waals surface area contributed by atoms with E-state index in [4.69, 9.17) is 14.7 Å². The number of hydrogen-bond donors (Lipinski definition) is 2. The highest BCUT2D eigenvalue weighted by Crippen LogP contribution is 2.12. The number of ether oxygens (including phenoxy) is 2. The maximum absolute atomic E-state index is 11.9. The van der Waals surface area contributed by atoms with Crippen LogP contribution in [0, 0.1) is 11.3 Å². The predicted molar refractivity (Wildman–Crippen MR) is 90.8 cm³/mol. The number of nitrogens with one attached hydrogen (secondary N) is 2. The first-order chi connectivity index (χ1) is 11.7. The van der Waals surface area contributed by atoms with Gasteiger partial charge in [0, 0.05) is 19.3 Å². The molecule has 2 amide bonds. The summed E-state index contributed by atoms with van der Waals surface area (Å²) < 4.78 is 10.4. The second-order valence-corrected chi connectivity index (χ2v) is 4.98. The topological polar surface area (TPSA) is 83.4 Å². The molecule has 0 aliphatic carbocycles. The Morgan fingerprint density at radius 1 is 1.08 bits per heavy atom. The van der Waals surface area contributed by atoms with E-state index in [9.17, 15) is 4.79 Å². The predicted octanol–water partition coefficient (Wildman–Crippen LogP) is 2.91. The quantitative estimate of drug-likeness (QED) is 0.767. The molecule has 2 N–H and O–H groups in total. The number of carbonyl (C=O) groups is 1. The summed E-state index contributed by atoms with van der Waals surface area (Å²) in [5, 5.41) is 14.2. The van der Waals surface area contributed by atoms with Gasteiger partial charge < -0.3 is 20.1 Å². The molecule has 0 unspecified atom stereocenters. The Hall–Kier alpha value is -3.04. The fourth-order valence-corrected chi connectivity index (χ4v) is 1.93. The van der Waals surface area contributed by atoms with Crippen LogP contribution < -0.4 is 15.4 Å². The molecule has 0 saturated heterocycles. The smallest absolute Gasteiger partial charge is 0.319 e. The molecular weight excluding hydrogens is 306 g/mol. The Balaban J connectivity index is 1.77.